The maximum Gasteiger partial charge on any atom is 0.225 e. The Morgan fingerprint density at radius 1 is 1.05 bits per heavy atom. The van der Waals surface area contributed by atoms with Gasteiger partial charge in [-0.3, -0.25) is 9.58 Å². The number of hydrogen-bond acceptors (Lipinski definition) is 7. The first-order valence-electron chi connectivity index (χ1n) is 7.18. The van der Waals surface area contributed by atoms with Crippen molar-refractivity contribution in [3.63, 3.8) is 0 Å². The quantitative estimate of drug-likeness (QED) is 0.782. The molecule has 3 heterocycles. The lowest BCUT2D eigenvalue weighted by Crippen LogP contribution is -2.47. The summed E-state index contributed by atoms with van der Waals surface area (Å²) in [4.78, 5) is 13.2. The van der Waals surface area contributed by atoms with Crippen LogP contribution in [0.25, 0.3) is 0 Å². The van der Waals surface area contributed by atoms with Crippen LogP contribution in [0.1, 0.15) is 5.69 Å². The highest BCUT2D eigenvalue weighted by molar-refractivity contribution is 5.29. The molecular formula is C13H20N8. The lowest BCUT2D eigenvalue weighted by molar-refractivity contribution is 0.242. The van der Waals surface area contributed by atoms with Gasteiger partial charge in [0, 0.05) is 57.9 Å². The van der Waals surface area contributed by atoms with E-state index in [0.29, 0.717) is 6.54 Å². The zero-order valence-corrected chi connectivity index (χ0v) is 12.0. The lowest BCUT2D eigenvalue weighted by atomic mass is 10.3. The molecule has 0 atom stereocenters. The molecule has 0 bridgehead atoms. The number of piperazine rings is 1. The van der Waals surface area contributed by atoms with Crippen molar-refractivity contribution in [3.8, 4) is 0 Å². The molecular weight excluding hydrogens is 268 g/mol. The molecule has 1 fully saturated rings. The molecule has 21 heavy (non-hydrogen) atoms. The SMILES string of the molecule is NCc1cn(CCN2CCN(c3ncccn3)CC2)nn1. The summed E-state index contributed by atoms with van der Waals surface area (Å²) in [5, 5.41) is 8.06. The van der Waals surface area contributed by atoms with Crippen LogP contribution in [-0.4, -0.2) is 62.6 Å². The monoisotopic (exact) mass is 288 g/mol. The molecule has 8 nitrogen and oxygen atoms in total. The number of anilines is 1. The molecule has 112 valence electrons. The molecule has 0 spiro atoms. The van der Waals surface area contributed by atoms with E-state index >= 15 is 0 Å². The number of hydrogen-bond donors (Lipinski definition) is 1. The van der Waals surface area contributed by atoms with Crippen LogP contribution in [0.4, 0.5) is 5.95 Å². The van der Waals surface area contributed by atoms with Gasteiger partial charge in [0.25, 0.3) is 0 Å². The zero-order chi connectivity index (χ0) is 14.5. The molecule has 2 aromatic rings. The fraction of sp³-hybridized carbons (Fsp3) is 0.538. The van der Waals surface area contributed by atoms with Crippen LogP contribution in [0.15, 0.2) is 24.7 Å². The van der Waals surface area contributed by atoms with Gasteiger partial charge in [-0.2, -0.15) is 0 Å². The van der Waals surface area contributed by atoms with Crippen molar-refractivity contribution in [2.24, 2.45) is 5.73 Å². The van der Waals surface area contributed by atoms with Gasteiger partial charge in [0.15, 0.2) is 0 Å². The fourth-order valence-corrected chi connectivity index (χ4v) is 2.41. The highest BCUT2D eigenvalue weighted by Gasteiger charge is 2.18. The van der Waals surface area contributed by atoms with Crippen LogP contribution in [0.3, 0.4) is 0 Å². The van der Waals surface area contributed by atoms with E-state index in [0.717, 1.165) is 50.9 Å². The first-order valence-corrected chi connectivity index (χ1v) is 7.18. The molecule has 8 heteroatoms. The summed E-state index contributed by atoms with van der Waals surface area (Å²) in [5.41, 5.74) is 6.36. The van der Waals surface area contributed by atoms with Gasteiger partial charge in [0.1, 0.15) is 0 Å². The van der Waals surface area contributed by atoms with E-state index in [9.17, 15) is 0 Å². The maximum absolute atomic E-state index is 5.53. The molecule has 0 unspecified atom stereocenters. The summed E-state index contributed by atoms with van der Waals surface area (Å²) in [6.45, 7) is 6.18. The van der Waals surface area contributed by atoms with E-state index in [2.05, 4.69) is 30.1 Å². The van der Waals surface area contributed by atoms with Crippen LogP contribution in [0, 0.1) is 0 Å². The van der Waals surface area contributed by atoms with Crippen molar-refractivity contribution in [3.05, 3.63) is 30.4 Å². The minimum absolute atomic E-state index is 0.440. The molecule has 0 aliphatic carbocycles. The largest absolute Gasteiger partial charge is 0.338 e. The van der Waals surface area contributed by atoms with Gasteiger partial charge in [-0.25, -0.2) is 9.97 Å². The van der Waals surface area contributed by atoms with E-state index < -0.39 is 0 Å². The minimum Gasteiger partial charge on any atom is -0.338 e. The Bertz CT molecular complexity index is 546. The average molecular weight is 288 g/mol. The summed E-state index contributed by atoms with van der Waals surface area (Å²) in [7, 11) is 0. The number of aromatic nitrogens is 5. The molecule has 0 saturated carbocycles. The third-order valence-electron chi connectivity index (χ3n) is 3.65. The molecule has 2 aromatic heterocycles. The van der Waals surface area contributed by atoms with Gasteiger partial charge in [0.05, 0.1) is 12.2 Å². The van der Waals surface area contributed by atoms with Gasteiger partial charge in [-0.15, -0.1) is 5.10 Å². The first kappa shape index (κ1) is 13.9. The summed E-state index contributed by atoms with van der Waals surface area (Å²) in [6.07, 6.45) is 5.48. The van der Waals surface area contributed by atoms with Crippen LogP contribution in [0.5, 0.6) is 0 Å². The molecule has 3 rings (SSSR count). The highest BCUT2D eigenvalue weighted by atomic mass is 15.4. The fourth-order valence-electron chi connectivity index (χ4n) is 2.41. The Kier molecular flexibility index (Phi) is 4.37. The van der Waals surface area contributed by atoms with Crippen LogP contribution < -0.4 is 10.6 Å². The molecule has 2 N–H and O–H groups in total. The average Bonchev–Trinajstić information content (AvgIpc) is 3.02. The zero-order valence-electron chi connectivity index (χ0n) is 12.0. The number of rotatable bonds is 5. The topological polar surface area (TPSA) is 89.0 Å². The van der Waals surface area contributed by atoms with Gasteiger partial charge in [-0.05, 0) is 6.07 Å². The number of nitrogens with two attached hydrogens (primary N) is 1. The summed E-state index contributed by atoms with van der Waals surface area (Å²) < 4.78 is 1.86. The van der Waals surface area contributed by atoms with Crippen molar-refractivity contribution in [1.29, 1.82) is 0 Å². The van der Waals surface area contributed by atoms with E-state index in [4.69, 9.17) is 5.73 Å². The smallest absolute Gasteiger partial charge is 0.225 e. The second-order valence-electron chi connectivity index (χ2n) is 5.05. The maximum atomic E-state index is 5.53. The minimum atomic E-state index is 0.440. The van der Waals surface area contributed by atoms with Gasteiger partial charge in [0.2, 0.25) is 5.95 Å². The van der Waals surface area contributed by atoms with E-state index in [-0.39, 0.29) is 0 Å². The normalized spacial score (nSPS) is 16.3. The third-order valence-corrected chi connectivity index (χ3v) is 3.65. The van der Waals surface area contributed by atoms with Crippen LogP contribution in [-0.2, 0) is 13.1 Å². The van der Waals surface area contributed by atoms with Crippen LogP contribution in [0.2, 0.25) is 0 Å². The van der Waals surface area contributed by atoms with Crippen molar-refractivity contribution >= 4 is 5.95 Å². The second kappa shape index (κ2) is 6.59. The molecule has 1 saturated heterocycles. The predicted molar refractivity (Wildman–Crippen MR) is 78.6 cm³/mol. The second-order valence-corrected chi connectivity index (χ2v) is 5.05. The third kappa shape index (κ3) is 3.53. The Morgan fingerprint density at radius 2 is 1.81 bits per heavy atom. The van der Waals surface area contributed by atoms with Crippen molar-refractivity contribution in [2.75, 3.05) is 37.6 Å². The van der Waals surface area contributed by atoms with Gasteiger partial charge < -0.3 is 10.6 Å². The molecule has 0 aromatic carbocycles. The Morgan fingerprint density at radius 3 is 2.48 bits per heavy atom. The van der Waals surface area contributed by atoms with E-state index in [1.54, 1.807) is 12.4 Å². The summed E-state index contributed by atoms with van der Waals surface area (Å²) in [6, 6.07) is 1.84. The van der Waals surface area contributed by atoms with Crippen molar-refractivity contribution in [1.82, 2.24) is 29.9 Å². The van der Waals surface area contributed by atoms with E-state index in [1.165, 1.54) is 0 Å². The van der Waals surface area contributed by atoms with Crippen molar-refractivity contribution < 1.29 is 0 Å². The summed E-state index contributed by atoms with van der Waals surface area (Å²) in [5.74, 6) is 0.820. The van der Waals surface area contributed by atoms with Crippen LogP contribution >= 0.6 is 0 Å². The predicted octanol–water partition coefficient (Wildman–Crippen LogP) is -0.651. The summed E-state index contributed by atoms with van der Waals surface area (Å²) >= 11 is 0. The molecule has 1 aliphatic heterocycles. The van der Waals surface area contributed by atoms with Crippen molar-refractivity contribution in [2.45, 2.75) is 13.1 Å². The van der Waals surface area contributed by atoms with E-state index in [1.807, 2.05) is 16.9 Å². The standard InChI is InChI=1S/C13H20N8/c14-10-12-11-21(18-17-12)9-6-19-4-7-20(8-5-19)13-15-2-1-3-16-13/h1-3,11H,4-10,14H2. The lowest BCUT2D eigenvalue weighted by Gasteiger charge is -2.34. The Labute approximate surface area is 123 Å². The Balaban J connectivity index is 1.45. The number of nitrogens with zero attached hydrogens (tertiary/aromatic N) is 7. The molecule has 0 radical (unpaired) electrons. The highest BCUT2D eigenvalue weighted by Crippen LogP contribution is 2.09. The first-order chi connectivity index (χ1) is 10.3. The Hall–Kier alpha value is -2.06. The molecule has 1 aliphatic rings. The van der Waals surface area contributed by atoms with Gasteiger partial charge in [-0.1, -0.05) is 5.21 Å². The van der Waals surface area contributed by atoms with Gasteiger partial charge >= 0.3 is 0 Å². The molecule has 0 amide bonds.